The van der Waals surface area contributed by atoms with Crippen LogP contribution in [-0.4, -0.2) is 50.4 Å². The quantitative estimate of drug-likeness (QED) is 0.364. The van der Waals surface area contributed by atoms with Crippen LogP contribution < -0.4 is 4.90 Å². The Balaban J connectivity index is 1.72. The number of halogens is 1. The van der Waals surface area contributed by atoms with Gasteiger partial charge >= 0.3 is 6.09 Å². The van der Waals surface area contributed by atoms with E-state index in [0.29, 0.717) is 23.1 Å². The van der Waals surface area contributed by atoms with Gasteiger partial charge in [-0.1, -0.05) is 48.9 Å². The molecule has 3 aromatic rings. The first-order chi connectivity index (χ1) is 16.9. The molecule has 9 heteroatoms. The van der Waals surface area contributed by atoms with Crippen molar-refractivity contribution in [3.8, 4) is 11.5 Å². The highest BCUT2D eigenvalue weighted by Crippen LogP contribution is 2.40. The Bertz CT molecular complexity index is 1230. The van der Waals surface area contributed by atoms with Crippen molar-refractivity contribution in [2.24, 2.45) is 11.8 Å². The summed E-state index contributed by atoms with van der Waals surface area (Å²) in [5, 5.41) is 19.2. The molecule has 3 atom stereocenters. The van der Waals surface area contributed by atoms with Crippen LogP contribution >= 0.6 is 11.6 Å². The molecule has 1 aliphatic carbocycles. The normalized spacial score (nSPS) is 19.0. The maximum atomic E-state index is 12.5. The van der Waals surface area contributed by atoms with Crippen LogP contribution in [0.15, 0.2) is 46.9 Å². The number of carbonyl (C=O) groups is 1. The maximum Gasteiger partial charge on any atom is 0.408 e. The number of aromatic nitrogens is 3. The number of benzene rings is 1. The van der Waals surface area contributed by atoms with Gasteiger partial charge in [0.05, 0.1) is 0 Å². The third kappa shape index (κ3) is 5.48. The van der Waals surface area contributed by atoms with Crippen molar-refractivity contribution in [1.82, 2.24) is 20.1 Å². The van der Waals surface area contributed by atoms with Gasteiger partial charge in [-0.25, -0.2) is 9.78 Å². The van der Waals surface area contributed by atoms with Crippen molar-refractivity contribution in [2.75, 3.05) is 18.5 Å². The van der Waals surface area contributed by atoms with Gasteiger partial charge in [0.1, 0.15) is 16.5 Å². The van der Waals surface area contributed by atoms with E-state index in [4.69, 9.17) is 16.0 Å². The molecular weight excluding hydrogens is 478 g/mol. The second-order valence-corrected chi connectivity index (χ2v) is 11.4. The highest BCUT2D eigenvalue weighted by molar-refractivity contribution is 6.29. The van der Waals surface area contributed by atoms with Crippen molar-refractivity contribution in [3.05, 3.63) is 59.1 Å². The van der Waals surface area contributed by atoms with Gasteiger partial charge in [0.2, 0.25) is 11.8 Å². The predicted molar refractivity (Wildman–Crippen MR) is 140 cm³/mol. The average molecular weight is 512 g/mol. The Labute approximate surface area is 217 Å². The van der Waals surface area contributed by atoms with Crippen LogP contribution in [0.25, 0.3) is 11.5 Å². The molecule has 2 aromatic heterocycles. The first-order valence-electron chi connectivity index (χ1n) is 12.2. The van der Waals surface area contributed by atoms with Gasteiger partial charge in [0, 0.05) is 31.1 Å². The zero-order valence-corrected chi connectivity index (χ0v) is 22.5. The molecule has 192 valence electrons. The van der Waals surface area contributed by atoms with E-state index in [1.54, 1.807) is 6.07 Å². The summed E-state index contributed by atoms with van der Waals surface area (Å²) in [4.78, 5) is 20.5. The molecule has 4 rings (SSSR count). The summed E-state index contributed by atoms with van der Waals surface area (Å²) in [6, 6.07) is 13.3. The standard InChI is InChI=1S/C27H34ClN5O3/c1-17-12-20(17)16-32(6)22-14-19(13-21(28)29-22)23-30-31-24(36-23)27(5,15-18-10-8-7-9-11-18)33(25(34)35)26(2,3)4/h7-11,13-14,17,20H,12,15-16H2,1-6H3,(H,34,35)/t17?,20?,27-/m1/s1. The molecule has 0 bridgehead atoms. The van der Waals surface area contributed by atoms with Crippen molar-refractivity contribution >= 4 is 23.5 Å². The van der Waals surface area contributed by atoms with E-state index in [1.807, 2.05) is 71.1 Å². The minimum absolute atomic E-state index is 0.216. The van der Waals surface area contributed by atoms with Gasteiger partial charge in [-0.3, -0.25) is 4.90 Å². The topological polar surface area (TPSA) is 95.6 Å². The van der Waals surface area contributed by atoms with Crippen LogP contribution in [0.4, 0.5) is 10.6 Å². The van der Waals surface area contributed by atoms with Gasteiger partial charge in [0.25, 0.3) is 0 Å². The van der Waals surface area contributed by atoms with Crippen molar-refractivity contribution < 1.29 is 14.3 Å². The molecule has 1 fully saturated rings. The number of hydrogen-bond donors (Lipinski definition) is 1. The van der Waals surface area contributed by atoms with Gasteiger partial charge < -0.3 is 14.4 Å². The molecule has 0 spiro atoms. The van der Waals surface area contributed by atoms with Crippen molar-refractivity contribution in [1.29, 1.82) is 0 Å². The summed E-state index contributed by atoms with van der Waals surface area (Å²) >= 11 is 6.37. The van der Waals surface area contributed by atoms with E-state index in [1.165, 1.54) is 11.3 Å². The van der Waals surface area contributed by atoms with Gasteiger partial charge in [0.15, 0.2) is 0 Å². The Morgan fingerprint density at radius 2 is 1.83 bits per heavy atom. The number of carboxylic acid groups (broad SMARTS) is 1. The SMILES string of the molecule is CC1CC1CN(C)c1cc(-c2nnc([C@@](C)(Cc3ccccc3)N(C(=O)O)C(C)(C)C)o2)cc(Cl)n1. The molecular formula is C27H34ClN5O3. The number of nitrogens with zero attached hydrogens (tertiary/aromatic N) is 5. The van der Waals surface area contributed by atoms with E-state index >= 15 is 0 Å². The zero-order chi connectivity index (χ0) is 26.3. The highest BCUT2D eigenvalue weighted by Gasteiger charge is 2.47. The molecule has 8 nitrogen and oxygen atoms in total. The van der Waals surface area contributed by atoms with Crippen LogP contribution in [0.3, 0.4) is 0 Å². The summed E-state index contributed by atoms with van der Waals surface area (Å²) in [7, 11) is 2.00. The first-order valence-corrected chi connectivity index (χ1v) is 12.6. The van der Waals surface area contributed by atoms with Crippen LogP contribution in [-0.2, 0) is 12.0 Å². The molecule has 0 saturated heterocycles. The van der Waals surface area contributed by atoms with E-state index in [2.05, 4.69) is 27.0 Å². The van der Waals surface area contributed by atoms with Crippen LogP contribution in [0.5, 0.6) is 0 Å². The Kier molecular flexibility index (Phi) is 7.01. The Morgan fingerprint density at radius 3 is 2.42 bits per heavy atom. The lowest BCUT2D eigenvalue weighted by Crippen LogP contribution is -2.57. The summed E-state index contributed by atoms with van der Waals surface area (Å²) in [5.41, 5.74) is -0.241. The fourth-order valence-electron chi connectivity index (χ4n) is 4.94. The van der Waals surface area contributed by atoms with Gasteiger partial charge in [-0.15, -0.1) is 10.2 Å². The third-order valence-electron chi connectivity index (χ3n) is 6.84. The second kappa shape index (κ2) is 9.73. The average Bonchev–Trinajstić information content (AvgIpc) is 3.25. The fourth-order valence-corrected chi connectivity index (χ4v) is 5.14. The molecule has 0 radical (unpaired) electrons. The zero-order valence-electron chi connectivity index (χ0n) is 21.7. The molecule has 2 heterocycles. The largest absolute Gasteiger partial charge is 0.465 e. The molecule has 0 aliphatic heterocycles. The summed E-state index contributed by atoms with van der Waals surface area (Å²) in [6.45, 7) is 10.5. The molecule has 1 saturated carbocycles. The Morgan fingerprint density at radius 1 is 1.17 bits per heavy atom. The maximum absolute atomic E-state index is 12.5. The number of pyridine rings is 1. The lowest BCUT2D eigenvalue weighted by Gasteiger charge is -2.45. The van der Waals surface area contributed by atoms with Gasteiger partial charge in [-0.2, -0.15) is 0 Å². The molecule has 2 unspecified atom stereocenters. The minimum atomic E-state index is -1.12. The van der Waals surface area contributed by atoms with Crippen LogP contribution in [0.1, 0.15) is 52.5 Å². The molecule has 1 aromatic carbocycles. The Hall–Kier alpha value is -3.13. The van der Waals surface area contributed by atoms with E-state index in [9.17, 15) is 9.90 Å². The summed E-state index contributed by atoms with van der Waals surface area (Å²) in [5.74, 6) is 2.60. The molecule has 1 N–H and O–H groups in total. The van der Waals surface area contributed by atoms with E-state index in [-0.39, 0.29) is 11.8 Å². The van der Waals surface area contributed by atoms with Crippen molar-refractivity contribution in [2.45, 2.75) is 58.5 Å². The van der Waals surface area contributed by atoms with Crippen molar-refractivity contribution in [3.63, 3.8) is 0 Å². The summed E-state index contributed by atoms with van der Waals surface area (Å²) in [6.07, 6.45) is 0.522. The number of amides is 1. The third-order valence-corrected chi connectivity index (χ3v) is 7.03. The smallest absolute Gasteiger partial charge is 0.408 e. The minimum Gasteiger partial charge on any atom is -0.465 e. The first kappa shape index (κ1) is 25.9. The highest BCUT2D eigenvalue weighted by atomic mass is 35.5. The summed E-state index contributed by atoms with van der Waals surface area (Å²) < 4.78 is 6.20. The van der Waals surface area contributed by atoms with Gasteiger partial charge in [-0.05, 0) is 63.6 Å². The lowest BCUT2D eigenvalue weighted by molar-refractivity contribution is 0.00810. The van der Waals surface area contributed by atoms with Crippen LogP contribution in [0.2, 0.25) is 5.15 Å². The number of hydrogen-bond acceptors (Lipinski definition) is 6. The fraction of sp³-hybridized carbons (Fsp3) is 0.481. The lowest BCUT2D eigenvalue weighted by atomic mass is 9.87. The number of anilines is 1. The molecule has 1 amide bonds. The molecule has 1 aliphatic rings. The van der Waals surface area contributed by atoms with Crippen LogP contribution in [0, 0.1) is 11.8 Å². The predicted octanol–water partition coefficient (Wildman–Crippen LogP) is 6.11. The van der Waals surface area contributed by atoms with E-state index in [0.717, 1.165) is 23.8 Å². The number of rotatable bonds is 8. The second-order valence-electron chi connectivity index (χ2n) is 11.0. The van der Waals surface area contributed by atoms with E-state index < -0.39 is 17.2 Å². The monoisotopic (exact) mass is 511 g/mol. The molecule has 36 heavy (non-hydrogen) atoms.